The molecule has 2 aromatic carbocycles. The van der Waals surface area contributed by atoms with E-state index in [0.29, 0.717) is 36.2 Å². The van der Waals surface area contributed by atoms with Gasteiger partial charge in [-0.25, -0.2) is 18.0 Å². The van der Waals surface area contributed by atoms with Gasteiger partial charge in [-0.15, -0.1) is 0 Å². The number of nitrogens with zero attached hydrogens (tertiary/aromatic N) is 1. The largest absolute Gasteiger partial charge is 0.325 e. The highest BCUT2D eigenvalue weighted by Gasteiger charge is 2.31. The van der Waals surface area contributed by atoms with Gasteiger partial charge in [-0.1, -0.05) is 11.6 Å². The first-order valence-electron chi connectivity index (χ1n) is 9.29. The van der Waals surface area contributed by atoms with E-state index in [2.05, 4.69) is 10.3 Å². The molecule has 2 amide bonds. The maximum atomic E-state index is 14.7. The SMILES string of the molecule is CN(C(=O)Nc1ccc(F)c(Cl)c1)C1CCCc2[nH]c(=O)c3cc(F)cc(F)c3c21. The summed E-state index contributed by atoms with van der Waals surface area (Å²) in [6, 6.07) is 4.44. The number of anilines is 1. The number of aryl methyl sites for hydroxylation is 1. The van der Waals surface area contributed by atoms with Crippen molar-refractivity contribution in [2.75, 3.05) is 12.4 Å². The molecule has 1 aromatic heterocycles. The molecule has 0 bridgehead atoms. The third kappa shape index (κ3) is 3.52. The molecule has 1 heterocycles. The van der Waals surface area contributed by atoms with Crippen LogP contribution in [0, 0.1) is 17.5 Å². The molecule has 3 aromatic rings. The maximum absolute atomic E-state index is 14.7. The number of aromatic amines is 1. The first kappa shape index (κ1) is 20.3. The summed E-state index contributed by atoms with van der Waals surface area (Å²) in [5.74, 6) is -2.31. The van der Waals surface area contributed by atoms with Gasteiger partial charge >= 0.3 is 6.03 Å². The first-order valence-corrected chi connectivity index (χ1v) is 9.66. The van der Waals surface area contributed by atoms with Crippen LogP contribution < -0.4 is 10.9 Å². The number of aromatic nitrogens is 1. The van der Waals surface area contributed by atoms with Crippen LogP contribution in [0.4, 0.5) is 23.7 Å². The summed E-state index contributed by atoms with van der Waals surface area (Å²) in [5.41, 5.74) is 0.714. The van der Waals surface area contributed by atoms with Crippen LogP contribution in [0.15, 0.2) is 35.1 Å². The van der Waals surface area contributed by atoms with Crippen molar-refractivity contribution in [1.82, 2.24) is 9.88 Å². The fraction of sp³-hybridized carbons (Fsp3) is 0.238. The number of fused-ring (bicyclic) bond motifs is 3. The second kappa shape index (κ2) is 7.68. The number of benzene rings is 2. The van der Waals surface area contributed by atoms with Crippen LogP contribution in [-0.2, 0) is 6.42 Å². The van der Waals surface area contributed by atoms with Crippen LogP contribution >= 0.6 is 11.6 Å². The summed E-state index contributed by atoms with van der Waals surface area (Å²) in [4.78, 5) is 29.2. The molecule has 5 nitrogen and oxygen atoms in total. The Morgan fingerprint density at radius 1 is 1.20 bits per heavy atom. The minimum Gasteiger partial charge on any atom is -0.325 e. The highest BCUT2D eigenvalue weighted by Crippen LogP contribution is 2.38. The van der Waals surface area contributed by atoms with E-state index in [-0.39, 0.29) is 15.8 Å². The molecular weight excluding hydrogens is 419 g/mol. The third-order valence-corrected chi connectivity index (χ3v) is 5.64. The van der Waals surface area contributed by atoms with Crippen LogP contribution in [0.2, 0.25) is 5.02 Å². The zero-order valence-electron chi connectivity index (χ0n) is 15.9. The Hall–Kier alpha value is -3.00. The number of amides is 2. The Balaban J connectivity index is 1.75. The molecule has 30 heavy (non-hydrogen) atoms. The Bertz CT molecular complexity index is 1230. The quantitative estimate of drug-likeness (QED) is 0.585. The lowest BCUT2D eigenvalue weighted by Gasteiger charge is -2.34. The van der Waals surface area contributed by atoms with Crippen molar-refractivity contribution in [1.29, 1.82) is 0 Å². The number of hydrogen-bond donors (Lipinski definition) is 2. The van der Waals surface area contributed by atoms with Crippen molar-refractivity contribution in [3.63, 3.8) is 0 Å². The predicted octanol–water partition coefficient (Wildman–Crippen LogP) is 5.14. The van der Waals surface area contributed by atoms with Gasteiger partial charge in [0.1, 0.15) is 17.5 Å². The molecule has 0 aliphatic heterocycles. The van der Waals surface area contributed by atoms with Gasteiger partial charge in [-0.2, -0.15) is 0 Å². The van der Waals surface area contributed by atoms with E-state index >= 15 is 0 Å². The van der Waals surface area contributed by atoms with Crippen LogP contribution in [0.25, 0.3) is 10.8 Å². The molecule has 1 aliphatic rings. The third-order valence-electron chi connectivity index (χ3n) is 5.35. The number of hydrogen-bond acceptors (Lipinski definition) is 2. The Morgan fingerprint density at radius 3 is 2.70 bits per heavy atom. The molecule has 156 valence electrons. The Labute approximate surface area is 174 Å². The summed E-state index contributed by atoms with van der Waals surface area (Å²) >= 11 is 5.76. The number of H-pyrrole nitrogens is 1. The number of rotatable bonds is 2. The summed E-state index contributed by atoms with van der Waals surface area (Å²) < 4.78 is 41.8. The molecule has 4 rings (SSSR count). The number of carbonyl (C=O) groups is 1. The Kier molecular flexibility index (Phi) is 5.19. The average molecular weight is 436 g/mol. The summed E-state index contributed by atoms with van der Waals surface area (Å²) in [6.07, 6.45) is 1.71. The molecule has 1 atom stereocenters. The van der Waals surface area contributed by atoms with E-state index in [4.69, 9.17) is 11.6 Å². The fourth-order valence-corrected chi connectivity index (χ4v) is 4.13. The summed E-state index contributed by atoms with van der Waals surface area (Å²) in [5, 5.41) is 2.42. The number of pyridine rings is 1. The minimum atomic E-state index is -0.850. The molecular formula is C21H17ClF3N3O2. The van der Waals surface area contributed by atoms with Crippen molar-refractivity contribution in [2.24, 2.45) is 0 Å². The normalized spacial score (nSPS) is 15.7. The van der Waals surface area contributed by atoms with Gasteiger partial charge in [0.15, 0.2) is 0 Å². The molecule has 0 radical (unpaired) electrons. The van der Waals surface area contributed by atoms with Crippen molar-refractivity contribution in [3.05, 3.63) is 74.4 Å². The van der Waals surface area contributed by atoms with Crippen LogP contribution in [-0.4, -0.2) is 23.0 Å². The Morgan fingerprint density at radius 2 is 1.97 bits per heavy atom. The van der Waals surface area contributed by atoms with Gasteiger partial charge < -0.3 is 15.2 Å². The lowest BCUT2D eigenvalue weighted by atomic mass is 9.86. The topological polar surface area (TPSA) is 65.2 Å². The minimum absolute atomic E-state index is 0.0179. The lowest BCUT2D eigenvalue weighted by Crippen LogP contribution is -2.37. The van der Waals surface area contributed by atoms with Crippen LogP contribution in [0.1, 0.15) is 30.1 Å². The van der Waals surface area contributed by atoms with Gasteiger partial charge in [0.2, 0.25) is 0 Å². The van der Waals surface area contributed by atoms with E-state index in [0.717, 1.165) is 18.2 Å². The van der Waals surface area contributed by atoms with E-state index in [1.165, 1.54) is 17.0 Å². The fourth-order valence-electron chi connectivity index (χ4n) is 3.94. The van der Waals surface area contributed by atoms with Gasteiger partial charge in [0.05, 0.1) is 16.5 Å². The highest BCUT2D eigenvalue weighted by molar-refractivity contribution is 6.31. The van der Waals surface area contributed by atoms with Crippen LogP contribution in [0.3, 0.4) is 0 Å². The zero-order chi connectivity index (χ0) is 21.6. The number of urea groups is 1. The van der Waals surface area contributed by atoms with Crippen molar-refractivity contribution in [2.45, 2.75) is 25.3 Å². The second-order valence-corrected chi connectivity index (χ2v) is 7.64. The van der Waals surface area contributed by atoms with E-state index in [9.17, 15) is 22.8 Å². The van der Waals surface area contributed by atoms with Crippen molar-refractivity contribution in [3.8, 4) is 0 Å². The maximum Gasteiger partial charge on any atom is 0.322 e. The summed E-state index contributed by atoms with van der Waals surface area (Å²) in [7, 11) is 1.54. The molecule has 1 unspecified atom stereocenters. The van der Waals surface area contributed by atoms with E-state index < -0.39 is 35.1 Å². The number of nitrogens with one attached hydrogen (secondary N) is 2. The first-order chi connectivity index (χ1) is 14.3. The monoisotopic (exact) mass is 435 g/mol. The average Bonchev–Trinajstić information content (AvgIpc) is 2.69. The standard InChI is InChI=1S/C21H17ClF3N3O2/c1-28(21(30)26-11-5-6-14(24)13(22)9-11)17-4-2-3-16-19(17)18-12(20(29)27-16)7-10(23)8-15(18)25/h5-9,17H,2-4H2,1H3,(H,26,30)(H,27,29). The van der Waals surface area contributed by atoms with Crippen molar-refractivity contribution >= 4 is 34.1 Å². The second-order valence-electron chi connectivity index (χ2n) is 7.23. The molecule has 0 fully saturated rings. The predicted molar refractivity (Wildman–Crippen MR) is 108 cm³/mol. The smallest absolute Gasteiger partial charge is 0.322 e. The molecule has 0 saturated heterocycles. The molecule has 0 saturated carbocycles. The molecule has 2 N–H and O–H groups in total. The zero-order valence-corrected chi connectivity index (χ0v) is 16.6. The van der Waals surface area contributed by atoms with Gasteiger partial charge in [0.25, 0.3) is 5.56 Å². The molecule has 9 heteroatoms. The van der Waals surface area contributed by atoms with Crippen LogP contribution in [0.5, 0.6) is 0 Å². The molecule has 1 aliphatic carbocycles. The number of halogens is 4. The molecule has 0 spiro atoms. The van der Waals surface area contributed by atoms with Gasteiger partial charge in [-0.05, 0) is 43.5 Å². The lowest BCUT2D eigenvalue weighted by molar-refractivity contribution is 0.197. The van der Waals surface area contributed by atoms with Crippen molar-refractivity contribution < 1.29 is 18.0 Å². The summed E-state index contributed by atoms with van der Waals surface area (Å²) in [6.45, 7) is 0. The van der Waals surface area contributed by atoms with Gasteiger partial charge in [0, 0.05) is 35.4 Å². The highest BCUT2D eigenvalue weighted by atomic mass is 35.5. The number of carbonyl (C=O) groups excluding carboxylic acids is 1. The van der Waals surface area contributed by atoms with Gasteiger partial charge in [-0.3, -0.25) is 4.79 Å². The van der Waals surface area contributed by atoms with E-state index in [1.54, 1.807) is 7.05 Å². The van der Waals surface area contributed by atoms with E-state index in [1.807, 2.05) is 0 Å².